The first-order valence-corrected chi connectivity index (χ1v) is 6.28. The van der Waals surface area contributed by atoms with Crippen molar-refractivity contribution in [3.8, 4) is 0 Å². The highest BCUT2D eigenvalue weighted by Gasteiger charge is 2.24. The summed E-state index contributed by atoms with van der Waals surface area (Å²) in [5.74, 6) is 0. The van der Waals surface area contributed by atoms with E-state index in [1.54, 1.807) is 0 Å². The number of rotatable bonds is 5. The molecule has 0 aliphatic heterocycles. The van der Waals surface area contributed by atoms with Gasteiger partial charge in [0.15, 0.2) is 0 Å². The van der Waals surface area contributed by atoms with Crippen molar-refractivity contribution < 1.29 is 5.11 Å². The summed E-state index contributed by atoms with van der Waals surface area (Å²) in [5, 5.41) is 12.1. The minimum Gasteiger partial charge on any atom is -0.395 e. The van der Waals surface area contributed by atoms with Crippen LogP contribution in [-0.2, 0) is 5.41 Å². The highest BCUT2D eigenvalue weighted by molar-refractivity contribution is 5.42. The van der Waals surface area contributed by atoms with Gasteiger partial charge in [-0.2, -0.15) is 0 Å². The summed E-state index contributed by atoms with van der Waals surface area (Å²) < 4.78 is 0. The van der Waals surface area contributed by atoms with Gasteiger partial charge in [0.2, 0.25) is 0 Å². The van der Waals surface area contributed by atoms with Crippen molar-refractivity contribution in [1.82, 2.24) is 5.32 Å². The fraction of sp³-hybridized carbons (Fsp3) is 0.600. The van der Waals surface area contributed by atoms with Crippen molar-refractivity contribution >= 4 is 0 Å². The van der Waals surface area contributed by atoms with Crippen molar-refractivity contribution in [3.05, 3.63) is 34.4 Å². The zero-order valence-corrected chi connectivity index (χ0v) is 11.7. The molecule has 0 bridgehead atoms. The van der Waals surface area contributed by atoms with Gasteiger partial charge in [-0.15, -0.1) is 0 Å². The maximum absolute atomic E-state index is 8.82. The highest BCUT2D eigenvalue weighted by atomic mass is 16.3. The molecule has 0 amide bonds. The molecule has 0 radical (unpaired) electrons. The maximum atomic E-state index is 8.82. The molecule has 2 nitrogen and oxygen atoms in total. The normalized spacial score (nSPS) is 11.9. The monoisotopic (exact) mass is 235 g/mol. The average Bonchev–Trinajstić information content (AvgIpc) is 2.15. The van der Waals surface area contributed by atoms with E-state index in [2.05, 4.69) is 52.1 Å². The Morgan fingerprint density at radius 1 is 1.12 bits per heavy atom. The largest absolute Gasteiger partial charge is 0.395 e. The minimum atomic E-state index is 0.0943. The molecule has 2 N–H and O–H groups in total. The first-order chi connectivity index (χ1) is 7.88. The van der Waals surface area contributed by atoms with Crippen molar-refractivity contribution in [2.75, 3.05) is 19.7 Å². The number of aliphatic hydroxyl groups excluding tert-OH is 1. The summed E-state index contributed by atoms with van der Waals surface area (Å²) in [5.41, 5.74) is 5.56. The number of aryl methyl sites for hydroxylation is 3. The van der Waals surface area contributed by atoms with E-state index in [1.165, 1.54) is 22.3 Å². The Kier molecular flexibility index (Phi) is 4.72. The van der Waals surface area contributed by atoms with E-state index >= 15 is 0 Å². The Bertz CT molecular complexity index is 360. The van der Waals surface area contributed by atoms with Gasteiger partial charge in [-0.05, 0) is 37.5 Å². The van der Waals surface area contributed by atoms with Crippen LogP contribution < -0.4 is 5.32 Å². The van der Waals surface area contributed by atoms with Crippen molar-refractivity contribution in [2.45, 2.75) is 40.0 Å². The molecule has 96 valence electrons. The van der Waals surface area contributed by atoms with Crippen LogP contribution in [0, 0.1) is 20.8 Å². The summed E-state index contributed by atoms with van der Waals surface area (Å²) in [6.45, 7) is 12.8. The van der Waals surface area contributed by atoms with Crippen LogP contribution in [0.3, 0.4) is 0 Å². The van der Waals surface area contributed by atoms with E-state index in [-0.39, 0.29) is 12.0 Å². The summed E-state index contributed by atoms with van der Waals surface area (Å²) >= 11 is 0. The van der Waals surface area contributed by atoms with E-state index in [4.69, 9.17) is 5.11 Å². The topological polar surface area (TPSA) is 32.3 Å². The fourth-order valence-corrected chi connectivity index (χ4v) is 2.82. The lowest BCUT2D eigenvalue weighted by Gasteiger charge is -2.29. The molecular weight excluding hydrogens is 210 g/mol. The van der Waals surface area contributed by atoms with Gasteiger partial charge >= 0.3 is 0 Å². The van der Waals surface area contributed by atoms with Crippen LogP contribution in [0.15, 0.2) is 12.1 Å². The van der Waals surface area contributed by atoms with Crippen LogP contribution in [-0.4, -0.2) is 24.8 Å². The Morgan fingerprint density at radius 2 is 1.65 bits per heavy atom. The molecule has 0 aliphatic carbocycles. The maximum Gasteiger partial charge on any atom is 0.0555 e. The first kappa shape index (κ1) is 14.2. The molecular formula is C15H25NO. The lowest BCUT2D eigenvalue weighted by Crippen LogP contribution is -2.35. The van der Waals surface area contributed by atoms with Crippen molar-refractivity contribution in [2.24, 2.45) is 0 Å². The van der Waals surface area contributed by atoms with Gasteiger partial charge in [-0.25, -0.2) is 0 Å². The van der Waals surface area contributed by atoms with Gasteiger partial charge in [0.05, 0.1) is 6.61 Å². The van der Waals surface area contributed by atoms with Crippen LogP contribution in [0.5, 0.6) is 0 Å². The van der Waals surface area contributed by atoms with Gasteiger partial charge in [0, 0.05) is 18.5 Å². The van der Waals surface area contributed by atoms with Gasteiger partial charge in [0.1, 0.15) is 0 Å². The number of nitrogens with one attached hydrogen (secondary N) is 1. The second kappa shape index (κ2) is 5.65. The number of aliphatic hydroxyl groups is 1. The lowest BCUT2D eigenvalue weighted by atomic mass is 9.79. The third-order valence-electron chi connectivity index (χ3n) is 3.21. The van der Waals surface area contributed by atoms with Crippen LogP contribution in [0.4, 0.5) is 0 Å². The minimum absolute atomic E-state index is 0.0943. The lowest BCUT2D eigenvalue weighted by molar-refractivity contribution is 0.286. The Hall–Kier alpha value is -0.860. The van der Waals surface area contributed by atoms with Gasteiger partial charge in [-0.3, -0.25) is 0 Å². The number of benzene rings is 1. The molecule has 0 aromatic heterocycles. The summed E-state index contributed by atoms with van der Waals surface area (Å²) in [6.07, 6.45) is 0. The Balaban J connectivity index is 2.97. The van der Waals surface area contributed by atoms with Crippen molar-refractivity contribution in [1.29, 1.82) is 0 Å². The third kappa shape index (κ3) is 3.55. The molecule has 0 saturated carbocycles. The van der Waals surface area contributed by atoms with E-state index in [0.717, 1.165) is 6.54 Å². The fourth-order valence-electron chi connectivity index (χ4n) is 2.82. The predicted molar refractivity (Wildman–Crippen MR) is 73.6 cm³/mol. The standard InChI is InChI=1S/C15H25NO/c1-11-8-12(2)14(13(3)9-11)15(4,5)10-16-6-7-17/h8-9,16-17H,6-7,10H2,1-5H3. The van der Waals surface area contributed by atoms with Crippen LogP contribution in [0.2, 0.25) is 0 Å². The molecule has 2 heteroatoms. The zero-order chi connectivity index (χ0) is 13.1. The predicted octanol–water partition coefficient (Wildman–Crippen LogP) is 2.47. The SMILES string of the molecule is Cc1cc(C)c(C(C)(C)CNCCO)c(C)c1. The average molecular weight is 235 g/mol. The molecule has 17 heavy (non-hydrogen) atoms. The molecule has 0 saturated heterocycles. The smallest absolute Gasteiger partial charge is 0.0555 e. The van der Waals surface area contributed by atoms with E-state index in [9.17, 15) is 0 Å². The molecule has 0 aliphatic rings. The summed E-state index contributed by atoms with van der Waals surface area (Å²) in [6, 6.07) is 4.49. The molecule has 1 rings (SSSR count). The number of hydrogen-bond donors (Lipinski definition) is 2. The Labute approximate surface area is 105 Å². The molecule has 0 atom stereocenters. The molecule has 1 aromatic rings. The second-order valence-electron chi connectivity index (χ2n) is 5.56. The van der Waals surface area contributed by atoms with Crippen LogP contribution in [0.25, 0.3) is 0 Å². The number of hydrogen-bond acceptors (Lipinski definition) is 2. The second-order valence-corrected chi connectivity index (χ2v) is 5.56. The quantitative estimate of drug-likeness (QED) is 0.768. The molecule has 0 unspecified atom stereocenters. The molecule has 0 spiro atoms. The van der Waals surface area contributed by atoms with E-state index in [1.807, 2.05) is 0 Å². The molecule has 0 heterocycles. The first-order valence-electron chi connectivity index (χ1n) is 6.28. The highest BCUT2D eigenvalue weighted by Crippen LogP contribution is 2.29. The van der Waals surface area contributed by atoms with Gasteiger partial charge < -0.3 is 10.4 Å². The molecule has 1 aromatic carbocycles. The van der Waals surface area contributed by atoms with E-state index < -0.39 is 0 Å². The van der Waals surface area contributed by atoms with E-state index in [0.29, 0.717) is 6.54 Å². The van der Waals surface area contributed by atoms with Crippen molar-refractivity contribution in [3.63, 3.8) is 0 Å². The van der Waals surface area contributed by atoms with Gasteiger partial charge in [-0.1, -0.05) is 31.5 Å². The van der Waals surface area contributed by atoms with Gasteiger partial charge in [0.25, 0.3) is 0 Å². The summed E-state index contributed by atoms with van der Waals surface area (Å²) in [4.78, 5) is 0. The molecule has 0 fully saturated rings. The van der Waals surface area contributed by atoms with Crippen LogP contribution in [0.1, 0.15) is 36.1 Å². The Morgan fingerprint density at radius 3 is 2.12 bits per heavy atom. The van der Waals surface area contributed by atoms with Crippen LogP contribution >= 0.6 is 0 Å². The zero-order valence-electron chi connectivity index (χ0n) is 11.7. The summed E-state index contributed by atoms with van der Waals surface area (Å²) in [7, 11) is 0. The third-order valence-corrected chi connectivity index (χ3v) is 3.21.